The zero-order chi connectivity index (χ0) is 20.6. The third-order valence-electron chi connectivity index (χ3n) is 4.12. The van der Waals surface area contributed by atoms with Gasteiger partial charge in [0.05, 0.1) is 7.11 Å². The number of aryl methyl sites for hydroxylation is 1. The molecule has 0 N–H and O–H groups in total. The van der Waals surface area contributed by atoms with Crippen molar-refractivity contribution in [3.8, 4) is 23.0 Å². The third kappa shape index (κ3) is 5.48. The van der Waals surface area contributed by atoms with Crippen LogP contribution in [0.3, 0.4) is 0 Å². The van der Waals surface area contributed by atoms with Crippen molar-refractivity contribution in [3.63, 3.8) is 0 Å². The normalized spacial score (nSPS) is 10.9. The van der Waals surface area contributed by atoms with E-state index in [9.17, 15) is 4.79 Å². The van der Waals surface area contributed by atoms with Gasteiger partial charge in [0.15, 0.2) is 18.1 Å². The molecule has 0 spiro atoms. The number of hydrogen-bond donors (Lipinski definition) is 0. The van der Waals surface area contributed by atoms with Gasteiger partial charge < -0.3 is 18.6 Å². The van der Waals surface area contributed by atoms with Gasteiger partial charge in [0.2, 0.25) is 5.89 Å². The highest BCUT2D eigenvalue weighted by atomic mass is 16.6. The lowest BCUT2D eigenvalue weighted by atomic mass is 10.1. The number of ether oxygens (including phenoxy) is 3. The van der Waals surface area contributed by atoms with Crippen molar-refractivity contribution in [2.45, 2.75) is 20.5 Å². The molecule has 0 saturated heterocycles. The first kappa shape index (κ1) is 20.2. The molecule has 0 unspecified atom stereocenters. The molecule has 6 heteroatoms. The van der Waals surface area contributed by atoms with Gasteiger partial charge in [0.1, 0.15) is 18.6 Å². The molecular formula is C23H23NO5. The van der Waals surface area contributed by atoms with E-state index in [1.165, 1.54) is 6.26 Å². The average molecular weight is 393 g/mol. The molecule has 2 aromatic carbocycles. The molecule has 0 aliphatic rings. The van der Waals surface area contributed by atoms with Crippen molar-refractivity contribution in [2.75, 3.05) is 13.7 Å². The molecule has 1 aromatic heterocycles. The maximum Gasteiger partial charge on any atom is 0.344 e. The van der Waals surface area contributed by atoms with Gasteiger partial charge in [0.25, 0.3) is 0 Å². The highest BCUT2D eigenvalue weighted by Crippen LogP contribution is 2.28. The van der Waals surface area contributed by atoms with Crippen molar-refractivity contribution in [1.82, 2.24) is 4.98 Å². The number of hydrogen-bond acceptors (Lipinski definition) is 6. The van der Waals surface area contributed by atoms with Gasteiger partial charge in [-0.1, -0.05) is 35.9 Å². The van der Waals surface area contributed by atoms with Crippen LogP contribution in [-0.4, -0.2) is 24.7 Å². The first-order valence-corrected chi connectivity index (χ1v) is 9.19. The fourth-order valence-electron chi connectivity index (χ4n) is 2.63. The summed E-state index contributed by atoms with van der Waals surface area (Å²) in [6.07, 6.45) is 5.36. The summed E-state index contributed by atoms with van der Waals surface area (Å²) in [5.41, 5.74) is 3.53. The van der Waals surface area contributed by atoms with Gasteiger partial charge in [-0.25, -0.2) is 9.78 Å². The number of aromatic nitrogens is 1. The van der Waals surface area contributed by atoms with Crippen molar-refractivity contribution >= 4 is 12.0 Å². The van der Waals surface area contributed by atoms with Crippen LogP contribution in [0.4, 0.5) is 0 Å². The smallest absolute Gasteiger partial charge is 0.344 e. The molecule has 0 atom stereocenters. The van der Waals surface area contributed by atoms with E-state index in [-0.39, 0.29) is 13.2 Å². The van der Waals surface area contributed by atoms with Gasteiger partial charge in [-0.2, -0.15) is 0 Å². The van der Waals surface area contributed by atoms with E-state index in [1.54, 1.807) is 13.2 Å². The van der Waals surface area contributed by atoms with Crippen LogP contribution >= 0.6 is 0 Å². The summed E-state index contributed by atoms with van der Waals surface area (Å²) in [5, 5.41) is 0. The Hall–Kier alpha value is -3.54. The summed E-state index contributed by atoms with van der Waals surface area (Å²) >= 11 is 0. The lowest BCUT2D eigenvalue weighted by molar-refractivity contribution is -0.147. The monoisotopic (exact) mass is 393 g/mol. The molecular weight excluding hydrogens is 370 g/mol. The second-order valence-corrected chi connectivity index (χ2v) is 6.37. The first-order chi connectivity index (χ1) is 14.1. The number of carbonyl (C=O) groups excluding carboxylic acids is 1. The predicted molar refractivity (Wildman–Crippen MR) is 110 cm³/mol. The van der Waals surface area contributed by atoms with Gasteiger partial charge >= 0.3 is 5.97 Å². The molecule has 0 bridgehead atoms. The molecule has 1 heterocycles. The molecule has 3 aromatic rings. The summed E-state index contributed by atoms with van der Waals surface area (Å²) in [5.74, 6) is 0.996. The molecule has 0 amide bonds. The molecule has 29 heavy (non-hydrogen) atoms. The number of oxazole rings is 1. The highest BCUT2D eigenvalue weighted by Gasteiger charge is 2.12. The van der Waals surface area contributed by atoms with Gasteiger partial charge in [0, 0.05) is 5.56 Å². The Bertz CT molecular complexity index is 989. The molecule has 0 aliphatic carbocycles. The highest BCUT2D eigenvalue weighted by molar-refractivity contribution is 5.71. The van der Waals surface area contributed by atoms with Crippen LogP contribution in [0.25, 0.3) is 17.5 Å². The SMILES string of the molecule is C/C=C/c1ccc(OCC(=O)OCc2coc(-c3ccc(C)cc3)n2)c(OC)c1. The van der Waals surface area contributed by atoms with Crippen LogP contribution < -0.4 is 9.47 Å². The molecule has 0 aliphatic heterocycles. The predicted octanol–water partition coefficient (Wildman–Crippen LogP) is 4.81. The minimum atomic E-state index is -0.510. The first-order valence-electron chi connectivity index (χ1n) is 9.19. The number of esters is 1. The maximum atomic E-state index is 12.0. The van der Waals surface area contributed by atoms with Gasteiger partial charge in [-0.05, 0) is 43.7 Å². The second kappa shape index (κ2) is 9.59. The molecule has 150 valence electrons. The summed E-state index contributed by atoms with van der Waals surface area (Å²) in [4.78, 5) is 16.4. The van der Waals surface area contributed by atoms with Crippen LogP contribution in [-0.2, 0) is 16.1 Å². The minimum absolute atomic E-state index is 0.00885. The van der Waals surface area contributed by atoms with Crippen LogP contribution in [0.15, 0.2) is 59.2 Å². The number of methoxy groups -OCH3 is 1. The fraction of sp³-hybridized carbons (Fsp3) is 0.217. The van der Waals surface area contributed by atoms with Crippen molar-refractivity contribution in [3.05, 3.63) is 71.6 Å². The topological polar surface area (TPSA) is 70.8 Å². The summed E-state index contributed by atoms with van der Waals surface area (Å²) in [7, 11) is 1.55. The van der Waals surface area contributed by atoms with Crippen LogP contribution in [0.2, 0.25) is 0 Å². The maximum absolute atomic E-state index is 12.0. The fourth-order valence-corrected chi connectivity index (χ4v) is 2.63. The lowest BCUT2D eigenvalue weighted by Gasteiger charge is -2.11. The van der Waals surface area contributed by atoms with E-state index < -0.39 is 5.97 Å². The Balaban J connectivity index is 1.52. The quantitative estimate of drug-likeness (QED) is 0.511. The zero-order valence-corrected chi connectivity index (χ0v) is 16.7. The molecule has 6 nitrogen and oxygen atoms in total. The Labute approximate surface area is 169 Å². The summed E-state index contributed by atoms with van der Waals surface area (Å²) < 4.78 is 21.5. The minimum Gasteiger partial charge on any atom is -0.493 e. The molecule has 3 rings (SSSR count). The zero-order valence-electron chi connectivity index (χ0n) is 16.7. The number of rotatable bonds is 8. The average Bonchev–Trinajstić information content (AvgIpc) is 3.21. The van der Waals surface area contributed by atoms with E-state index in [1.807, 2.05) is 62.4 Å². The van der Waals surface area contributed by atoms with Gasteiger partial charge in [-0.15, -0.1) is 0 Å². The molecule has 0 radical (unpaired) electrons. The second-order valence-electron chi connectivity index (χ2n) is 6.37. The lowest BCUT2D eigenvalue weighted by Crippen LogP contribution is -2.15. The van der Waals surface area contributed by atoms with Crippen molar-refractivity contribution in [2.24, 2.45) is 0 Å². The Morgan fingerprint density at radius 2 is 1.93 bits per heavy atom. The number of carbonyl (C=O) groups is 1. The Kier molecular flexibility index (Phi) is 6.68. The Morgan fingerprint density at radius 3 is 2.66 bits per heavy atom. The van der Waals surface area contributed by atoms with E-state index in [4.69, 9.17) is 18.6 Å². The van der Waals surface area contributed by atoms with Crippen molar-refractivity contribution < 1.29 is 23.4 Å². The van der Waals surface area contributed by atoms with Crippen LogP contribution in [0.1, 0.15) is 23.7 Å². The van der Waals surface area contributed by atoms with E-state index in [0.717, 1.165) is 16.7 Å². The van der Waals surface area contributed by atoms with E-state index in [2.05, 4.69) is 4.98 Å². The Morgan fingerprint density at radius 1 is 1.14 bits per heavy atom. The van der Waals surface area contributed by atoms with E-state index >= 15 is 0 Å². The van der Waals surface area contributed by atoms with E-state index in [0.29, 0.717) is 23.1 Å². The van der Waals surface area contributed by atoms with Crippen LogP contribution in [0, 0.1) is 6.92 Å². The summed E-state index contributed by atoms with van der Waals surface area (Å²) in [6, 6.07) is 13.3. The van der Waals surface area contributed by atoms with Crippen molar-refractivity contribution in [1.29, 1.82) is 0 Å². The van der Waals surface area contributed by atoms with Gasteiger partial charge in [-0.3, -0.25) is 0 Å². The number of nitrogens with zero attached hydrogens (tertiary/aromatic N) is 1. The standard InChI is InChI=1S/C23H23NO5/c1-4-5-17-8-11-20(21(12-17)26-3)27-15-22(25)28-13-19-14-29-23(24-19)18-9-6-16(2)7-10-18/h4-12,14H,13,15H2,1-3H3/b5-4+. The molecule has 0 fully saturated rings. The number of allylic oxidation sites excluding steroid dienone is 1. The largest absolute Gasteiger partial charge is 0.493 e. The number of benzene rings is 2. The third-order valence-corrected chi connectivity index (χ3v) is 4.12. The van der Waals surface area contributed by atoms with Crippen LogP contribution in [0.5, 0.6) is 11.5 Å². The molecule has 0 saturated carbocycles. The summed E-state index contributed by atoms with van der Waals surface area (Å²) in [6.45, 7) is 3.72.